The summed E-state index contributed by atoms with van der Waals surface area (Å²) in [5.41, 5.74) is 2.24. The Morgan fingerprint density at radius 1 is 1.03 bits per heavy atom. The third-order valence-electron chi connectivity index (χ3n) is 5.10. The van der Waals surface area contributed by atoms with E-state index in [1.165, 1.54) is 11.3 Å². The van der Waals surface area contributed by atoms with E-state index in [0.29, 0.717) is 22.5 Å². The largest absolute Gasteiger partial charge is 0.494 e. The molecule has 5 aromatic rings. The number of carbonyl (C=O) groups excluding carboxylic acids is 1. The number of fused-ring (bicyclic) bond motifs is 3. The molecule has 3 aromatic carbocycles. The Morgan fingerprint density at radius 3 is 2.39 bits per heavy atom. The average Bonchev–Trinajstić information content (AvgIpc) is 3.18. The molecule has 6 nitrogen and oxygen atoms in total. The van der Waals surface area contributed by atoms with Crippen LogP contribution in [0.3, 0.4) is 0 Å². The standard InChI is InChI=1S/C24H19N3O3S/c1-2-30-15-11-12-18-21(13-15)31-24(25-18)26-22(28)14-27-19-9-5-3-7-16(19)23(29)17-8-4-6-10-20(17)27/h3-13H,2,14H2,1H3,(H,25,26,28). The average molecular weight is 430 g/mol. The first-order valence-corrected chi connectivity index (χ1v) is 10.8. The molecule has 7 heteroatoms. The van der Waals surface area contributed by atoms with Gasteiger partial charge in [-0.3, -0.25) is 9.59 Å². The van der Waals surface area contributed by atoms with Crippen LogP contribution in [0, 0.1) is 0 Å². The van der Waals surface area contributed by atoms with Crippen molar-refractivity contribution in [1.29, 1.82) is 0 Å². The predicted molar refractivity (Wildman–Crippen MR) is 125 cm³/mol. The zero-order valence-corrected chi connectivity index (χ0v) is 17.6. The van der Waals surface area contributed by atoms with E-state index in [2.05, 4.69) is 10.3 Å². The highest BCUT2D eigenvalue weighted by atomic mass is 32.1. The second-order valence-corrected chi connectivity index (χ2v) is 8.11. The number of nitrogens with zero attached hydrogens (tertiary/aromatic N) is 2. The molecule has 0 atom stereocenters. The van der Waals surface area contributed by atoms with Gasteiger partial charge in [-0.1, -0.05) is 35.6 Å². The minimum Gasteiger partial charge on any atom is -0.494 e. The summed E-state index contributed by atoms with van der Waals surface area (Å²) in [6, 6.07) is 20.4. The van der Waals surface area contributed by atoms with Crippen LogP contribution in [0.25, 0.3) is 32.0 Å². The van der Waals surface area contributed by atoms with Crippen molar-refractivity contribution in [3.63, 3.8) is 0 Å². The minimum absolute atomic E-state index is 0.0286. The molecule has 0 aliphatic carbocycles. The van der Waals surface area contributed by atoms with Crippen molar-refractivity contribution in [3.05, 3.63) is 77.0 Å². The van der Waals surface area contributed by atoms with Crippen LogP contribution in [0.2, 0.25) is 0 Å². The minimum atomic E-state index is -0.206. The van der Waals surface area contributed by atoms with E-state index < -0.39 is 0 Å². The Morgan fingerprint density at radius 2 is 1.71 bits per heavy atom. The first-order chi connectivity index (χ1) is 15.1. The molecule has 0 bridgehead atoms. The van der Waals surface area contributed by atoms with Crippen LogP contribution in [0.5, 0.6) is 5.75 Å². The van der Waals surface area contributed by atoms with Gasteiger partial charge in [0.1, 0.15) is 12.3 Å². The summed E-state index contributed by atoms with van der Waals surface area (Å²) in [6.45, 7) is 2.60. The molecule has 0 saturated heterocycles. The predicted octanol–water partition coefficient (Wildman–Crippen LogP) is 4.80. The monoisotopic (exact) mass is 429 g/mol. The number of anilines is 1. The SMILES string of the molecule is CCOc1ccc2nc(NC(=O)Cn3c4ccccc4c(=O)c4ccccc43)sc2c1. The summed E-state index contributed by atoms with van der Waals surface area (Å²) in [7, 11) is 0. The molecule has 0 fully saturated rings. The van der Waals surface area contributed by atoms with Gasteiger partial charge in [-0.15, -0.1) is 0 Å². The molecule has 0 unspecified atom stereocenters. The Labute approximate surface area is 181 Å². The van der Waals surface area contributed by atoms with Crippen molar-refractivity contribution in [2.75, 3.05) is 11.9 Å². The number of hydrogen-bond donors (Lipinski definition) is 1. The fourth-order valence-corrected chi connectivity index (χ4v) is 4.67. The lowest BCUT2D eigenvalue weighted by molar-refractivity contribution is -0.116. The van der Waals surface area contributed by atoms with Gasteiger partial charge in [-0.25, -0.2) is 4.98 Å². The molecule has 0 radical (unpaired) electrons. The zero-order valence-electron chi connectivity index (χ0n) is 16.8. The Hall–Kier alpha value is -3.71. The number of hydrogen-bond acceptors (Lipinski definition) is 5. The molecule has 31 heavy (non-hydrogen) atoms. The van der Waals surface area contributed by atoms with E-state index in [1.54, 1.807) is 12.1 Å². The van der Waals surface area contributed by atoms with Crippen LogP contribution in [0.1, 0.15) is 6.92 Å². The van der Waals surface area contributed by atoms with Crippen LogP contribution in [0.15, 0.2) is 71.5 Å². The maximum Gasteiger partial charge on any atom is 0.246 e. The lowest BCUT2D eigenvalue weighted by atomic mass is 10.1. The van der Waals surface area contributed by atoms with Crippen molar-refractivity contribution in [1.82, 2.24) is 9.55 Å². The van der Waals surface area contributed by atoms with Gasteiger partial charge in [0.05, 0.1) is 27.9 Å². The maximum atomic E-state index is 12.9. The highest BCUT2D eigenvalue weighted by molar-refractivity contribution is 7.22. The summed E-state index contributed by atoms with van der Waals surface area (Å²) in [5, 5.41) is 4.62. The number of nitrogens with one attached hydrogen (secondary N) is 1. The van der Waals surface area contributed by atoms with Crippen molar-refractivity contribution in [2.45, 2.75) is 13.5 Å². The zero-order chi connectivity index (χ0) is 21.4. The summed E-state index contributed by atoms with van der Waals surface area (Å²) >= 11 is 1.40. The molecule has 1 amide bonds. The molecule has 2 heterocycles. The number of benzene rings is 3. The normalized spacial score (nSPS) is 11.3. The highest BCUT2D eigenvalue weighted by Crippen LogP contribution is 2.29. The summed E-state index contributed by atoms with van der Waals surface area (Å²) in [4.78, 5) is 30.3. The summed E-state index contributed by atoms with van der Waals surface area (Å²) in [5.74, 6) is 0.575. The molecular weight excluding hydrogens is 410 g/mol. The molecule has 0 saturated carbocycles. The van der Waals surface area contributed by atoms with Gasteiger partial charge in [0.15, 0.2) is 10.6 Å². The van der Waals surface area contributed by atoms with Gasteiger partial charge in [0.25, 0.3) is 0 Å². The van der Waals surface area contributed by atoms with E-state index in [-0.39, 0.29) is 17.9 Å². The van der Waals surface area contributed by atoms with Crippen molar-refractivity contribution in [3.8, 4) is 5.75 Å². The van der Waals surface area contributed by atoms with Gasteiger partial charge < -0.3 is 14.6 Å². The molecular formula is C24H19N3O3S. The Kier molecular flexibility index (Phi) is 4.88. The van der Waals surface area contributed by atoms with Crippen LogP contribution < -0.4 is 15.5 Å². The molecule has 0 spiro atoms. The lowest BCUT2D eigenvalue weighted by Crippen LogP contribution is -2.21. The van der Waals surface area contributed by atoms with Crippen LogP contribution in [-0.2, 0) is 11.3 Å². The van der Waals surface area contributed by atoms with Gasteiger partial charge in [0.2, 0.25) is 5.91 Å². The molecule has 1 N–H and O–H groups in total. The second kappa shape index (κ2) is 7.85. The topological polar surface area (TPSA) is 73.2 Å². The van der Waals surface area contributed by atoms with Crippen LogP contribution in [-0.4, -0.2) is 22.1 Å². The number of para-hydroxylation sites is 2. The third-order valence-corrected chi connectivity index (χ3v) is 6.03. The number of amides is 1. The van der Waals surface area contributed by atoms with E-state index in [0.717, 1.165) is 27.0 Å². The van der Waals surface area contributed by atoms with Crippen molar-refractivity contribution >= 4 is 54.4 Å². The first-order valence-electron chi connectivity index (χ1n) is 9.97. The number of thiazole rings is 1. The van der Waals surface area contributed by atoms with Gasteiger partial charge in [-0.2, -0.15) is 0 Å². The van der Waals surface area contributed by atoms with E-state index >= 15 is 0 Å². The van der Waals surface area contributed by atoms with E-state index in [4.69, 9.17) is 4.74 Å². The van der Waals surface area contributed by atoms with Gasteiger partial charge in [0, 0.05) is 10.8 Å². The fourth-order valence-electron chi connectivity index (χ4n) is 3.76. The maximum absolute atomic E-state index is 12.9. The van der Waals surface area contributed by atoms with Crippen LogP contribution in [0.4, 0.5) is 5.13 Å². The molecule has 154 valence electrons. The molecule has 0 aliphatic rings. The smallest absolute Gasteiger partial charge is 0.246 e. The highest BCUT2D eigenvalue weighted by Gasteiger charge is 2.14. The first kappa shape index (κ1) is 19.3. The van der Waals surface area contributed by atoms with Crippen molar-refractivity contribution < 1.29 is 9.53 Å². The number of rotatable bonds is 5. The second-order valence-electron chi connectivity index (χ2n) is 7.08. The van der Waals surface area contributed by atoms with E-state index in [9.17, 15) is 9.59 Å². The number of aromatic nitrogens is 2. The summed E-state index contributed by atoms with van der Waals surface area (Å²) in [6.07, 6.45) is 0. The summed E-state index contributed by atoms with van der Waals surface area (Å²) < 4.78 is 8.36. The number of pyridine rings is 1. The Bertz CT molecular complexity index is 1440. The van der Waals surface area contributed by atoms with Crippen molar-refractivity contribution in [2.24, 2.45) is 0 Å². The molecule has 2 aromatic heterocycles. The fraction of sp³-hybridized carbons (Fsp3) is 0.125. The van der Waals surface area contributed by atoms with E-state index in [1.807, 2.05) is 66.1 Å². The third kappa shape index (κ3) is 3.53. The molecule has 0 aliphatic heterocycles. The lowest BCUT2D eigenvalue weighted by Gasteiger charge is -2.14. The quantitative estimate of drug-likeness (QED) is 0.407. The number of carbonyl (C=O) groups is 1. The Balaban J connectivity index is 1.50. The number of ether oxygens (including phenoxy) is 1. The van der Waals surface area contributed by atoms with Gasteiger partial charge >= 0.3 is 0 Å². The van der Waals surface area contributed by atoms with Crippen LogP contribution >= 0.6 is 11.3 Å². The van der Waals surface area contributed by atoms with Gasteiger partial charge in [-0.05, 0) is 49.4 Å². The molecule has 5 rings (SSSR count).